The predicted molar refractivity (Wildman–Crippen MR) is 154 cm³/mol. The molecular formula is C32H48N2O3. The van der Waals surface area contributed by atoms with Gasteiger partial charge in [-0.2, -0.15) is 0 Å². The lowest BCUT2D eigenvalue weighted by atomic mass is 9.48. The van der Waals surface area contributed by atoms with Crippen LogP contribution in [0.4, 0.5) is 11.4 Å². The summed E-state index contributed by atoms with van der Waals surface area (Å²) in [5.74, 6) is 3.13. The SMILES string of the molecule is C=Nc1ccccc1N(CO)C1=CCC2C3CC=C4CC(=O)CCC4(C)C3CCC12C.CC(C)C.CO. The molecular weight excluding hydrogens is 460 g/mol. The molecule has 2 saturated carbocycles. The summed E-state index contributed by atoms with van der Waals surface area (Å²) in [7, 11) is 1.00. The minimum absolute atomic E-state index is 0.0460. The van der Waals surface area contributed by atoms with Gasteiger partial charge in [-0.25, -0.2) is 0 Å². The first-order chi connectivity index (χ1) is 17.7. The lowest BCUT2D eigenvalue weighted by molar-refractivity contribution is -0.122. The third-order valence-corrected chi connectivity index (χ3v) is 9.25. The maximum absolute atomic E-state index is 12.1. The highest BCUT2D eigenvalue weighted by molar-refractivity contribution is 5.82. The monoisotopic (exact) mass is 508 g/mol. The molecule has 5 nitrogen and oxygen atoms in total. The Morgan fingerprint density at radius 2 is 1.73 bits per heavy atom. The van der Waals surface area contributed by atoms with Gasteiger partial charge in [0, 0.05) is 31.1 Å². The molecule has 0 heterocycles. The molecule has 4 aliphatic carbocycles. The minimum atomic E-state index is -0.0569. The first-order valence-corrected chi connectivity index (χ1v) is 14.0. The molecule has 5 rings (SSSR count). The molecule has 204 valence electrons. The summed E-state index contributed by atoms with van der Waals surface area (Å²) in [6.45, 7) is 15.0. The molecule has 4 aliphatic rings. The number of anilines is 1. The molecule has 37 heavy (non-hydrogen) atoms. The van der Waals surface area contributed by atoms with Gasteiger partial charge < -0.3 is 15.1 Å². The Kier molecular flexibility index (Phi) is 9.57. The van der Waals surface area contributed by atoms with Crippen LogP contribution in [0.25, 0.3) is 0 Å². The Morgan fingerprint density at radius 1 is 1.05 bits per heavy atom. The number of Topliss-reactive ketones (excluding diaryl/α,β-unsaturated/α-hetero) is 1. The van der Waals surface area contributed by atoms with Gasteiger partial charge in [0.05, 0.1) is 11.4 Å². The van der Waals surface area contributed by atoms with Gasteiger partial charge in [0.25, 0.3) is 0 Å². The van der Waals surface area contributed by atoms with E-state index in [1.54, 1.807) is 0 Å². The summed E-state index contributed by atoms with van der Waals surface area (Å²) in [4.78, 5) is 18.4. The van der Waals surface area contributed by atoms with E-state index in [2.05, 4.69) is 63.4 Å². The van der Waals surface area contributed by atoms with E-state index in [0.29, 0.717) is 30.0 Å². The normalized spacial score (nSPS) is 31.8. The van der Waals surface area contributed by atoms with E-state index >= 15 is 0 Å². The van der Waals surface area contributed by atoms with E-state index in [1.807, 2.05) is 24.3 Å². The molecule has 1 aromatic carbocycles. The van der Waals surface area contributed by atoms with E-state index in [4.69, 9.17) is 5.11 Å². The number of ketones is 1. The fourth-order valence-electron chi connectivity index (χ4n) is 7.55. The predicted octanol–water partition coefficient (Wildman–Crippen LogP) is 7.07. The van der Waals surface area contributed by atoms with Crippen molar-refractivity contribution in [2.45, 2.75) is 79.6 Å². The number of allylic oxidation sites excluding steroid dienone is 4. The Morgan fingerprint density at radius 3 is 2.38 bits per heavy atom. The quantitative estimate of drug-likeness (QED) is 0.259. The second kappa shape index (κ2) is 12.1. The Balaban J connectivity index is 0.000000580. The van der Waals surface area contributed by atoms with Crippen molar-refractivity contribution >= 4 is 23.9 Å². The number of aliphatic imine (C=N–C) groups is 1. The summed E-state index contributed by atoms with van der Waals surface area (Å²) in [5.41, 5.74) is 4.64. The summed E-state index contributed by atoms with van der Waals surface area (Å²) < 4.78 is 0. The minimum Gasteiger partial charge on any atom is -0.400 e. The molecule has 0 radical (unpaired) electrons. The van der Waals surface area contributed by atoms with Gasteiger partial charge in [-0.05, 0) is 80.0 Å². The van der Waals surface area contributed by atoms with Crippen LogP contribution in [0, 0.1) is 34.5 Å². The fourth-order valence-corrected chi connectivity index (χ4v) is 7.55. The second-order valence-corrected chi connectivity index (χ2v) is 12.2. The summed E-state index contributed by atoms with van der Waals surface area (Å²) >= 11 is 0. The zero-order valence-electron chi connectivity index (χ0n) is 23.8. The number of para-hydroxylation sites is 2. The van der Waals surface area contributed by atoms with Crippen molar-refractivity contribution in [2.24, 2.45) is 39.5 Å². The largest absolute Gasteiger partial charge is 0.400 e. The number of carbonyl (C=O) groups is 1. The average Bonchev–Trinajstić information content (AvgIpc) is 3.23. The third kappa shape index (κ3) is 5.49. The molecule has 5 heteroatoms. The van der Waals surface area contributed by atoms with Crippen LogP contribution >= 0.6 is 0 Å². The number of rotatable bonds is 4. The standard InChI is InChI=1S/C27H34N2O2.C4H10.CH4O/c1-26-14-12-19(31)16-18(26)8-9-20-21-10-11-25(27(21,2)15-13-22(20)26)29(17-30)24-7-5-4-6-23(24)28-3;1-4(2)3;1-2/h4-8,11,20-22,30H,3,9-10,12-17H2,1-2H3;4H,1-3H3;2H,1H3. The van der Waals surface area contributed by atoms with Crippen LogP contribution < -0.4 is 4.90 Å². The van der Waals surface area contributed by atoms with E-state index in [-0.39, 0.29) is 17.6 Å². The van der Waals surface area contributed by atoms with E-state index in [9.17, 15) is 9.90 Å². The molecule has 0 spiro atoms. The molecule has 0 saturated heterocycles. The van der Waals surface area contributed by atoms with Crippen LogP contribution in [0.1, 0.15) is 79.6 Å². The maximum atomic E-state index is 12.1. The zero-order chi connectivity index (χ0) is 27.4. The molecule has 0 bridgehead atoms. The number of aliphatic hydroxyl groups excluding tert-OH is 2. The van der Waals surface area contributed by atoms with Crippen LogP contribution in [-0.4, -0.2) is 36.6 Å². The third-order valence-electron chi connectivity index (χ3n) is 9.25. The number of fused-ring (bicyclic) bond motifs is 5. The van der Waals surface area contributed by atoms with Crippen molar-refractivity contribution in [2.75, 3.05) is 18.7 Å². The van der Waals surface area contributed by atoms with Crippen molar-refractivity contribution in [1.29, 1.82) is 0 Å². The van der Waals surface area contributed by atoms with Gasteiger partial charge in [0.1, 0.15) is 12.5 Å². The molecule has 2 fully saturated rings. The highest BCUT2D eigenvalue weighted by atomic mass is 16.3. The Bertz CT molecular complexity index is 1030. The summed E-state index contributed by atoms with van der Waals surface area (Å²) in [5, 5.41) is 17.4. The van der Waals surface area contributed by atoms with Crippen molar-refractivity contribution in [3.8, 4) is 0 Å². The van der Waals surface area contributed by atoms with Gasteiger partial charge >= 0.3 is 0 Å². The lowest BCUT2D eigenvalue weighted by Gasteiger charge is -2.57. The van der Waals surface area contributed by atoms with Gasteiger partial charge in [0.2, 0.25) is 0 Å². The molecule has 0 aromatic heterocycles. The smallest absolute Gasteiger partial charge is 0.136 e. The first-order valence-electron chi connectivity index (χ1n) is 14.0. The maximum Gasteiger partial charge on any atom is 0.136 e. The number of aliphatic hydroxyl groups is 2. The number of benzene rings is 1. The Hall–Kier alpha value is -2.24. The van der Waals surface area contributed by atoms with E-state index in [1.165, 1.54) is 17.7 Å². The van der Waals surface area contributed by atoms with Gasteiger partial charge in [-0.1, -0.05) is 64.5 Å². The summed E-state index contributed by atoms with van der Waals surface area (Å²) in [6, 6.07) is 7.94. The van der Waals surface area contributed by atoms with Crippen LogP contribution in [-0.2, 0) is 4.79 Å². The fraction of sp³-hybridized carbons (Fsp3) is 0.625. The highest BCUT2D eigenvalue weighted by Gasteiger charge is 2.57. The molecule has 5 atom stereocenters. The van der Waals surface area contributed by atoms with Crippen LogP contribution in [0.15, 0.2) is 52.7 Å². The molecule has 0 aliphatic heterocycles. The second-order valence-electron chi connectivity index (χ2n) is 12.2. The molecule has 0 amide bonds. The van der Waals surface area contributed by atoms with Crippen molar-refractivity contribution in [1.82, 2.24) is 0 Å². The van der Waals surface area contributed by atoms with Crippen LogP contribution in [0.2, 0.25) is 0 Å². The van der Waals surface area contributed by atoms with Gasteiger partial charge in [-0.3, -0.25) is 9.79 Å². The molecule has 5 unspecified atom stereocenters. The number of nitrogens with zero attached hydrogens (tertiary/aromatic N) is 2. The number of hydrogen-bond donors (Lipinski definition) is 2. The average molecular weight is 509 g/mol. The van der Waals surface area contributed by atoms with E-state index in [0.717, 1.165) is 56.5 Å². The van der Waals surface area contributed by atoms with Gasteiger partial charge in [0.15, 0.2) is 0 Å². The summed E-state index contributed by atoms with van der Waals surface area (Å²) in [6.07, 6.45) is 11.7. The van der Waals surface area contributed by atoms with Gasteiger partial charge in [-0.15, -0.1) is 0 Å². The molecule has 2 N–H and O–H groups in total. The Labute approximate surface area is 224 Å². The van der Waals surface area contributed by atoms with Crippen molar-refractivity contribution < 1.29 is 15.0 Å². The lowest BCUT2D eigenvalue weighted by Crippen LogP contribution is -2.50. The zero-order valence-corrected chi connectivity index (χ0v) is 23.8. The van der Waals surface area contributed by atoms with Crippen LogP contribution in [0.3, 0.4) is 0 Å². The van der Waals surface area contributed by atoms with Crippen LogP contribution in [0.5, 0.6) is 0 Å². The first kappa shape index (κ1) is 29.3. The number of carbonyl (C=O) groups excluding carboxylic acids is 1. The van der Waals surface area contributed by atoms with Crippen molar-refractivity contribution in [3.63, 3.8) is 0 Å². The van der Waals surface area contributed by atoms with Crippen molar-refractivity contribution in [3.05, 3.63) is 47.7 Å². The van der Waals surface area contributed by atoms with E-state index < -0.39 is 0 Å². The number of hydrogen-bond acceptors (Lipinski definition) is 5. The molecule has 1 aromatic rings. The highest BCUT2D eigenvalue weighted by Crippen LogP contribution is 2.65. The topological polar surface area (TPSA) is 73.1 Å².